The second-order valence-electron chi connectivity index (χ2n) is 5.52. The van der Waals surface area contributed by atoms with Gasteiger partial charge in [-0.2, -0.15) is 0 Å². The van der Waals surface area contributed by atoms with Crippen molar-refractivity contribution in [2.24, 2.45) is 5.92 Å². The number of carbonyl (C=O) groups is 1. The van der Waals surface area contributed by atoms with Gasteiger partial charge in [-0.1, -0.05) is 13.8 Å². The predicted molar refractivity (Wildman–Crippen MR) is 85.6 cm³/mol. The number of nitrogens with zero attached hydrogens (tertiary/aromatic N) is 2. The molecule has 0 fully saturated rings. The van der Waals surface area contributed by atoms with Crippen LogP contribution in [0.4, 0.5) is 0 Å². The zero-order valence-corrected chi connectivity index (χ0v) is 13.3. The minimum atomic E-state index is -0.0751. The number of nitrogens with one attached hydrogen (secondary N) is 1. The number of amides is 1. The lowest BCUT2D eigenvalue weighted by Gasteiger charge is -2.08. The van der Waals surface area contributed by atoms with Crippen LogP contribution in [0.5, 0.6) is 0 Å². The van der Waals surface area contributed by atoms with Gasteiger partial charge in [-0.15, -0.1) is 11.3 Å². The Balaban J connectivity index is 1.83. The van der Waals surface area contributed by atoms with Crippen LogP contribution < -0.4 is 10.9 Å². The van der Waals surface area contributed by atoms with Gasteiger partial charge in [0.15, 0.2) is 0 Å². The van der Waals surface area contributed by atoms with E-state index in [1.807, 2.05) is 5.38 Å². The van der Waals surface area contributed by atoms with Crippen LogP contribution in [0.1, 0.15) is 33.1 Å². The van der Waals surface area contributed by atoms with Gasteiger partial charge in [0.05, 0.1) is 11.7 Å². The molecule has 0 aromatic carbocycles. The molecule has 114 valence electrons. The molecule has 0 atom stereocenters. The molecule has 2 aromatic heterocycles. The maximum Gasteiger partial charge on any atom is 0.262 e. The monoisotopic (exact) mass is 307 g/mol. The molecule has 0 aliphatic rings. The van der Waals surface area contributed by atoms with Crippen LogP contribution in [-0.4, -0.2) is 22.0 Å². The van der Waals surface area contributed by atoms with Crippen LogP contribution in [0.3, 0.4) is 0 Å². The van der Waals surface area contributed by atoms with E-state index in [9.17, 15) is 9.59 Å². The normalized spacial score (nSPS) is 11.2. The number of aromatic nitrogens is 2. The summed E-state index contributed by atoms with van der Waals surface area (Å²) >= 11 is 1.45. The number of aryl methyl sites for hydroxylation is 1. The van der Waals surface area contributed by atoms with Gasteiger partial charge in [0.2, 0.25) is 5.91 Å². The Hall–Kier alpha value is -1.69. The Bertz CT molecular complexity index is 660. The summed E-state index contributed by atoms with van der Waals surface area (Å²) in [4.78, 5) is 28.8. The van der Waals surface area contributed by atoms with Crippen molar-refractivity contribution in [2.75, 3.05) is 6.54 Å². The molecule has 6 heteroatoms. The van der Waals surface area contributed by atoms with Crippen molar-refractivity contribution < 1.29 is 4.79 Å². The van der Waals surface area contributed by atoms with Crippen molar-refractivity contribution in [1.29, 1.82) is 0 Å². The summed E-state index contributed by atoms with van der Waals surface area (Å²) in [6.07, 6.45) is 3.93. The molecule has 0 aliphatic carbocycles. The average Bonchev–Trinajstić information content (AvgIpc) is 2.92. The topological polar surface area (TPSA) is 64.0 Å². The van der Waals surface area contributed by atoms with Crippen LogP contribution >= 0.6 is 11.3 Å². The SMILES string of the molecule is CC(C)CCCNC(=O)CCn1cnc2sccc2c1=O. The Kier molecular flexibility index (Phi) is 5.50. The number of thiophene rings is 1. The fraction of sp³-hybridized carbons (Fsp3) is 0.533. The zero-order chi connectivity index (χ0) is 15.2. The second-order valence-corrected chi connectivity index (χ2v) is 6.41. The number of rotatable bonds is 7. The van der Waals surface area contributed by atoms with Crippen molar-refractivity contribution in [1.82, 2.24) is 14.9 Å². The summed E-state index contributed by atoms with van der Waals surface area (Å²) in [5.74, 6) is 0.639. The summed E-state index contributed by atoms with van der Waals surface area (Å²) in [6.45, 7) is 5.41. The van der Waals surface area contributed by atoms with E-state index >= 15 is 0 Å². The molecule has 0 radical (unpaired) electrons. The van der Waals surface area contributed by atoms with E-state index in [-0.39, 0.29) is 11.5 Å². The lowest BCUT2D eigenvalue weighted by atomic mass is 10.1. The largest absolute Gasteiger partial charge is 0.356 e. The second kappa shape index (κ2) is 7.36. The smallest absolute Gasteiger partial charge is 0.262 e. The molecule has 0 saturated carbocycles. The third-order valence-corrected chi connectivity index (χ3v) is 4.13. The minimum Gasteiger partial charge on any atom is -0.356 e. The van der Waals surface area contributed by atoms with E-state index in [0.29, 0.717) is 30.8 Å². The molecule has 1 amide bonds. The highest BCUT2D eigenvalue weighted by Gasteiger charge is 2.07. The lowest BCUT2D eigenvalue weighted by Crippen LogP contribution is -2.28. The molecule has 1 N–H and O–H groups in total. The Morgan fingerprint density at radius 3 is 3.05 bits per heavy atom. The van der Waals surface area contributed by atoms with Crippen molar-refractivity contribution in [2.45, 2.75) is 39.7 Å². The van der Waals surface area contributed by atoms with E-state index in [4.69, 9.17) is 0 Å². The fourth-order valence-electron chi connectivity index (χ4n) is 2.10. The molecule has 0 spiro atoms. The van der Waals surface area contributed by atoms with E-state index in [0.717, 1.165) is 17.7 Å². The first-order valence-corrected chi connectivity index (χ1v) is 8.15. The van der Waals surface area contributed by atoms with Crippen molar-refractivity contribution in [3.63, 3.8) is 0 Å². The Labute approximate surface area is 128 Å². The molecule has 2 aromatic rings. The average molecular weight is 307 g/mol. The molecule has 21 heavy (non-hydrogen) atoms. The lowest BCUT2D eigenvalue weighted by molar-refractivity contribution is -0.121. The molecular formula is C15H21N3O2S. The van der Waals surface area contributed by atoms with Crippen molar-refractivity contribution in [3.8, 4) is 0 Å². The maximum absolute atomic E-state index is 12.1. The first-order valence-electron chi connectivity index (χ1n) is 7.27. The van der Waals surface area contributed by atoms with Gasteiger partial charge >= 0.3 is 0 Å². The highest BCUT2D eigenvalue weighted by molar-refractivity contribution is 7.16. The molecular weight excluding hydrogens is 286 g/mol. The highest BCUT2D eigenvalue weighted by Crippen LogP contribution is 2.13. The molecule has 0 saturated heterocycles. The van der Waals surface area contributed by atoms with Gasteiger partial charge in [-0.3, -0.25) is 14.2 Å². The fourth-order valence-corrected chi connectivity index (χ4v) is 2.82. The van der Waals surface area contributed by atoms with Gasteiger partial charge in [-0.25, -0.2) is 4.98 Å². The van der Waals surface area contributed by atoms with E-state index in [2.05, 4.69) is 24.1 Å². The highest BCUT2D eigenvalue weighted by atomic mass is 32.1. The number of fused-ring (bicyclic) bond motifs is 1. The van der Waals surface area contributed by atoms with Crippen molar-refractivity contribution in [3.05, 3.63) is 28.1 Å². The summed E-state index contributed by atoms with van der Waals surface area (Å²) in [7, 11) is 0. The van der Waals surface area contributed by atoms with Crippen LogP contribution in [-0.2, 0) is 11.3 Å². The van der Waals surface area contributed by atoms with Crippen LogP contribution in [0.25, 0.3) is 10.2 Å². The summed E-state index contributed by atoms with van der Waals surface area (Å²) < 4.78 is 1.50. The number of hydrogen-bond donors (Lipinski definition) is 1. The zero-order valence-electron chi connectivity index (χ0n) is 12.5. The van der Waals surface area contributed by atoms with Crippen molar-refractivity contribution >= 4 is 27.5 Å². The van der Waals surface area contributed by atoms with E-state index < -0.39 is 0 Å². The first kappa shape index (κ1) is 15.7. The van der Waals surface area contributed by atoms with Gasteiger partial charge in [0, 0.05) is 19.5 Å². The number of hydrogen-bond acceptors (Lipinski definition) is 4. The minimum absolute atomic E-state index is 0.0175. The molecule has 0 unspecified atom stereocenters. The number of carbonyl (C=O) groups excluding carboxylic acids is 1. The van der Waals surface area contributed by atoms with Crippen LogP contribution in [0.15, 0.2) is 22.6 Å². The Morgan fingerprint density at radius 1 is 1.48 bits per heavy atom. The summed E-state index contributed by atoms with van der Waals surface area (Å²) in [5.41, 5.74) is -0.0751. The van der Waals surface area contributed by atoms with Crippen LogP contribution in [0, 0.1) is 5.92 Å². The summed E-state index contributed by atoms with van der Waals surface area (Å²) in [5, 5.41) is 5.36. The first-order chi connectivity index (χ1) is 10.1. The van der Waals surface area contributed by atoms with Gasteiger partial charge in [0.25, 0.3) is 5.56 Å². The van der Waals surface area contributed by atoms with Gasteiger partial charge < -0.3 is 5.32 Å². The van der Waals surface area contributed by atoms with Gasteiger partial charge in [0.1, 0.15) is 4.83 Å². The summed E-state index contributed by atoms with van der Waals surface area (Å²) in [6, 6.07) is 1.78. The maximum atomic E-state index is 12.1. The predicted octanol–water partition coefficient (Wildman–Crippen LogP) is 2.40. The van der Waals surface area contributed by atoms with E-state index in [1.54, 1.807) is 6.07 Å². The quantitative estimate of drug-likeness (QED) is 0.799. The van der Waals surface area contributed by atoms with Gasteiger partial charge in [-0.05, 0) is 30.2 Å². The molecule has 5 nitrogen and oxygen atoms in total. The standard InChI is InChI=1S/C15H21N3O2S/c1-11(2)4-3-7-16-13(19)5-8-18-10-17-14-12(15(18)20)6-9-21-14/h6,9-11H,3-5,7-8H2,1-2H3,(H,16,19). The molecule has 0 aliphatic heterocycles. The molecule has 2 rings (SSSR count). The van der Waals surface area contributed by atoms with E-state index in [1.165, 1.54) is 22.2 Å². The third-order valence-electron chi connectivity index (χ3n) is 3.31. The molecule has 2 heterocycles. The third kappa shape index (κ3) is 4.39. The Morgan fingerprint density at radius 2 is 2.29 bits per heavy atom. The molecule has 0 bridgehead atoms. The van der Waals surface area contributed by atoms with Crippen LogP contribution in [0.2, 0.25) is 0 Å².